The summed E-state index contributed by atoms with van der Waals surface area (Å²) in [5.41, 5.74) is -7.12. The fourth-order valence-corrected chi connectivity index (χ4v) is 3.58. The molecular weight excluding hydrogens is 619 g/mol. The summed E-state index contributed by atoms with van der Waals surface area (Å²) in [5, 5.41) is 21.7. The smallest absolute Gasteiger partial charge is 0.406 e. The number of ether oxygens (including phenoxy) is 5. The normalized spacial score (nSPS) is 23.6. The van der Waals surface area contributed by atoms with Crippen molar-refractivity contribution in [2.45, 2.75) is 72.5 Å². The molecule has 1 aromatic heterocycles. The molecular formula is C24H35N2O17P. The minimum Gasteiger partial charge on any atom is -0.406 e. The molecule has 1 fully saturated rings. The van der Waals surface area contributed by atoms with Gasteiger partial charge in [-0.15, -0.1) is 0 Å². The third-order valence-electron chi connectivity index (χ3n) is 5.34. The van der Waals surface area contributed by atoms with E-state index in [4.69, 9.17) is 22.4 Å². The van der Waals surface area contributed by atoms with E-state index in [-0.39, 0.29) is 0 Å². The Morgan fingerprint density at radius 1 is 1.02 bits per heavy atom. The van der Waals surface area contributed by atoms with E-state index in [1.807, 2.05) is 0 Å². The average Bonchev–Trinajstić information content (AvgIpc) is 3.13. The number of rotatable bonds is 10. The van der Waals surface area contributed by atoms with E-state index in [0.29, 0.717) is 10.8 Å². The number of esters is 2. The third kappa shape index (κ3) is 10.0. The Balaban J connectivity index is 2.29. The van der Waals surface area contributed by atoms with Gasteiger partial charge in [-0.05, 0) is 48.5 Å². The Labute approximate surface area is 254 Å². The summed E-state index contributed by atoms with van der Waals surface area (Å²) >= 11 is 0. The minimum absolute atomic E-state index is 0.478. The molecule has 1 aromatic rings. The largest absolute Gasteiger partial charge is 0.518 e. The number of nitrogens with one attached hydrogen (secondary N) is 1. The third-order valence-corrected chi connectivity index (χ3v) is 6.51. The molecule has 0 amide bonds. The van der Waals surface area contributed by atoms with E-state index in [1.54, 1.807) is 4.98 Å². The van der Waals surface area contributed by atoms with Crippen LogP contribution >= 0.6 is 7.82 Å². The summed E-state index contributed by atoms with van der Waals surface area (Å²) in [5.74, 6) is -2.06. The van der Waals surface area contributed by atoms with Gasteiger partial charge in [-0.2, -0.15) is 0 Å². The second-order valence-electron chi connectivity index (χ2n) is 11.2. The van der Waals surface area contributed by atoms with Crippen molar-refractivity contribution in [3.05, 3.63) is 33.1 Å². The summed E-state index contributed by atoms with van der Waals surface area (Å²) in [7, 11) is -5.45. The van der Waals surface area contributed by atoms with Crippen LogP contribution in [0.4, 0.5) is 9.59 Å². The summed E-state index contributed by atoms with van der Waals surface area (Å²) < 4.78 is 75.6. The first kappa shape index (κ1) is 32.0. The molecule has 3 N–H and O–H groups in total. The van der Waals surface area contributed by atoms with Crippen molar-refractivity contribution in [1.29, 1.82) is 0 Å². The predicted octanol–water partition coefficient (Wildman–Crippen LogP) is 1.07. The zero-order chi connectivity index (χ0) is 36.3. The molecule has 19 nitrogen and oxygen atoms in total. The number of nitrogens with zero attached hydrogens (tertiary/aromatic N) is 1. The number of aromatic nitrogens is 2. The Morgan fingerprint density at radius 2 is 1.50 bits per heavy atom. The molecule has 2 heterocycles. The molecule has 2 rings (SSSR count). The molecule has 0 spiro atoms. The summed E-state index contributed by atoms with van der Waals surface area (Å²) in [6, 6.07) is -0.766. The first-order chi connectivity index (χ1) is 21.2. The van der Waals surface area contributed by atoms with Gasteiger partial charge in [0.1, 0.15) is 17.8 Å². The van der Waals surface area contributed by atoms with Gasteiger partial charge in [0.25, 0.3) is 5.56 Å². The second kappa shape index (κ2) is 14.1. The van der Waals surface area contributed by atoms with Crippen LogP contribution in [-0.4, -0.2) is 82.0 Å². The molecule has 0 aromatic carbocycles. The lowest BCUT2D eigenvalue weighted by atomic mass is 9.96. The average molecular weight is 658 g/mol. The molecule has 0 aliphatic carbocycles. The molecule has 248 valence electrons. The number of aliphatic hydroxyl groups is 2. The highest BCUT2D eigenvalue weighted by atomic mass is 31.2. The molecule has 0 unspecified atom stereocenters. The zero-order valence-electron chi connectivity index (χ0n) is 27.6. The lowest BCUT2D eigenvalue weighted by molar-refractivity contribution is -0.150. The number of hydrogen-bond acceptors (Lipinski definition) is 17. The molecule has 4 atom stereocenters. The number of aliphatic hydroxyl groups excluding tert-OH is 1. The Bertz CT molecular complexity index is 1480. The minimum atomic E-state index is -5.45. The van der Waals surface area contributed by atoms with Crippen molar-refractivity contribution in [1.82, 2.24) is 9.55 Å². The highest BCUT2D eigenvalue weighted by Crippen LogP contribution is 2.50. The van der Waals surface area contributed by atoms with Crippen LogP contribution < -0.4 is 11.2 Å². The highest BCUT2D eigenvalue weighted by molar-refractivity contribution is 7.48. The van der Waals surface area contributed by atoms with Gasteiger partial charge in [0.2, 0.25) is 13.6 Å². The van der Waals surface area contributed by atoms with Crippen molar-refractivity contribution < 1.29 is 75.3 Å². The van der Waals surface area contributed by atoms with Crippen molar-refractivity contribution in [2.24, 2.45) is 10.8 Å². The van der Waals surface area contributed by atoms with Gasteiger partial charge in [0.15, 0.2) is 6.23 Å². The maximum Gasteiger partial charge on any atom is 0.518 e. The van der Waals surface area contributed by atoms with E-state index in [9.17, 15) is 43.5 Å². The molecule has 1 saturated heterocycles. The first-order valence-corrected chi connectivity index (χ1v) is 13.9. The van der Waals surface area contributed by atoms with Crippen LogP contribution in [0.1, 0.15) is 58.8 Å². The van der Waals surface area contributed by atoms with Crippen LogP contribution in [0.3, 0.4) is 0 Å². The number of H-pyrrole nitrogens is 1. The van der Waals surface area contributed by atoms with Crippen LogP contribution in [0, 0.1) is 10.8 Å². The lowest BCUT2D eigenvalue weighted by Gasteiger charge is -2.27. The summed E-state index contributed by atoms with van der Waals surface area (Å²) in [6.45, 7) is 3.09. The maximum atomic E-state index is 13.4. The van der Waals surface area contributed by atoms with E-state index in [2.05, 4.69) is 18.9 Å². The van der Waals surface area contributed by atoms with Crippen LogP contribution in [0.5, 0.6) is 0 Å². The number of hydrogen-bond donors (Lipinski definition) is 3. The fourth-order valence-electron chi connectivity index (χ4n) is 2.80. The van der Waals surface area contributed by atoms with E-state index in [1.165, 1.54) is 41.5 Å². The first-order valence-electron chi connectivity index (χ1n) is 14.0. The standard InChI is InChI=1S/C24H35N2O17P/c1-22(2,3)17(29)42-20(32)36-11-39-44(35,40-12-37-21(33)43-18(30)23(4,5)6)38-10-13-15(28)24(7,34)16(41-13)26-9-8-14(27)25-19(26)31/h8-9,13,15-16,28,34H,10-12H2,1-7H3,(H,25,27,31)/t13-,15-,16-,24-/m1/s1/i8D,10D2. The van der Waals surface area contributed by atoms with E-state index in [0.717, 1.165) is 6.92 Å². The molecule has 0 radical (unpaired) electrons. The number of aromatic amines is 1. The maximum absolute atomic E-state index is 13.4. The zero-order valence-corrected chi connectivity index (χ0v) is 25.5. The fraction of sp³-hybridized carbons (Fsp3) is 0.667. The molecule has 0 bridgehead atoms. The Kier molecular flexibility index (Phi) is 10.2. The van der Waals surface area contributed by atoms with Crippen molar-refractivity contribution in [2.75, 3.05) is 20.1 Å². The quantitative estimate of drug-likeness (QED) is 0.138. The molecule has 1 aliphatic rings. The second-order valence-corrected chi connectivity index (χ2v) is 12.8. The van der Waals surface area contributed by atoms with E-state index >= 15 is 0 Å². The number of phosphoric acid groups is 1. The highest BCUT2D eigenvalue weighted by Gasteiger charge is 2.54. The van der Waals surface area contributed by atoms with Gasteiger partial charge < -0.3 is 33.9 Å². The number of carbonyl (C=O) groups is 4. The van der Waals surface area contributed by atoms with Crippen LogP contribution in [0.25, 0.3) is 0 Å². The van der Waals surface area contributed by atoms with Crippen LogP contribution in [0.15, 0.2) is 21.8 Å². The predicted molar refractivity (Wildman–Crippen MR) is 141 cm³/mol. The molecule has 0 saturated carbocycles. The van der Waals surface area contributed by atoms with Gasteiger partial charge in [0, 0.05) is 12.2 Å². The number of carbonyl (C=O) groups excluding carboxylic acids is 4. The molecule has 44 heavy (non-hydrogen) atoms. The summed E-state index contributed by atoms with van der Waals surface area (Å²) in [4.78, 5) is 73.2. The van der Waals surface area contributed by atoms with Crippen LogP contribution in [-0.2, 0) is 51.4 Å². The Hall–Kier alpha value is -3.45. The summed E-state index contributed by atoms with van der Waals surface area (Å²) in [6.07, 6.45) is -9.23. The van der Waals surface area contributed by atoms with E-state index < -0.39 is 104 Å². The van der Waals surface area contributed by atoms with Gasteiger partial charge >= 0.3 is 37.8 Å². The van der Waals surface area contributed by atoms with Crippen molar-refractivity contribution >= 4 is 32.1 Å². The van der Waals surface area contributed by atoms with Crippen molar-refractivity contribution in [3.63, 3.8) is 0 Å². The Morgan fingerprint density at radius 3 is 1.95 bits per heavy atom. The SMILES string of the molecule is [2H]c1cn([C@@H]2O[C@H](C([2H])([2H])OP(=O)(OCOC(=O)OC(=O)C(C)(C)C)OCOC(=O)OC(=O)C(C)(C)C)[C@@H](O)[C@@]2(C)O)c(=O)[nH]c1=O. The van der Waals surface area contributed by atoms with Gasteiger partial charge in [-0.1, -0.05) is 0 Å². The van der Waals surface area contributed by atoms with Crippen molar-refractivity contribution in [3.8, 4) is 0 Å². The van der Waals surface area contributed by atoms with Gasteiger partial charge in [-0.3, -0.25) is 28.5 Å². The van der Waals surface area contributed by atoms with Gasteiger partial charge in [0.05, 0.1) is 21.5 Å². The molecule has 20 heteroatoms. The molecule has 1 aliphatic heterocycles. The van der Waals surface area contributed by atoms with Gasteiger partial charge in [-0.25, -0.2) is 28.0 Å². The topological polar surface area (TPSA) is 255 Å². The lowest BCUT2D eigenvalue weighted by Crippen LogP contribution is -2.46. The monoisotopic (exact) mass is 657 g/mol. The van der Waals surface area contributed by atoms with Crippen LogP contribution in [0.2, 0.25) is 0 Å². The number of phosphoric ester groups is 1.